The molecule has 30 heavy (non-hydrogen) atoms. The van der Waals surface area contributed by atoms with Crippen LogP contribution >= 0.6 is 11.6 Å². The SMILES string of the molecule is NC(=O)N1CC(O)[C@H]1c1cnn2ccc(N3CCCC3c3cc(F)cc(Cl)c3)nc12. The number of halogens is 2. The van der Waals surface area contributed by atoms with E-state index in [1.807, 2.05) is 6.07 Å². The summed E-state index contributed by atoms with van der Waals surface area (Å²) in [6, 6.07) is 5.23. The molecule has 156 valence electrons. The van der Waals surface area contributed by atoms with Gasteiger partial charge in [0, 0.05) is 23.3 Å². The van der Waals surface area contributed by atoms with E-state index >= 15 is 0 Å². The molecule has 0 radical (unpaired) electrons. The van der Waals surface area contributed by atoms with Crippen LogP contribution in [0.5, 0.6) is 0 Å². The Hall–Kier alpha value is -2.91. The summed E-state index contributed by atoms with van der Waals surface area (Å²) in [5, 5.41) is 14.9. The number of urea groups is 1. The van der Waals surface area contributed by atoms with Gasteiger partial charge in [-0.1, -0.05) is 11.6 Å². The van der Waals surface area contributed by atoms with E-state index in [1.54, 1.807) is 23.0 Å². The van der Waals surface area contributed by atoms with Gasteiger partial charge in [0.2, 0.25) is 0 Å². The van der Waals surface area contributed by atoms with Gasteiger partial charge >= 0.3 is 6.03 Å². The summed E-state index contributed by atoms with van der Waals surface area (Å²) in [5.41, 5.74) is 7.41. The Morgan fingerprint density at radius 1 is 1.33 bits per heavy atom. The lowest BCUT2D eigenvalue weighted by molar-refractivity contribution is -0.0320. The van der Waals surface area contributed by atoms with Crippen LogP contribution in [0.1, 0.15) is 36.1 Å². The van der Waals surface area contributed by atoms with Crippen molar-refractivity contribution in [2.45, 2.75) is 31.0 Å². The molecule has 2 aliphatic rings. The van der Waals surface area contributed by atoms with Crippen LogP contribution in [0.2, 0.25) is 5.02 Å². The number of anilines is 1. The molecule has 0 spiro atoms. The van der Waals surface area contributed by atoms with Gasteiger partial charge in [-0.3, -0.25) is 0 Å². The number of hydrogen-bond acceptors (Lipinski definition) is 5. The van der Waals surface area contributed by atoms with Crippen LogP contribution in [-0.2, 0) is 0 Å². The zero-order valence-corrected chi connectivity index (χ0v) is 16.7. The first-order valence-electron chi connectivity index (χ1n) is 9.73. The molecular weight excluding hydrogens is 411 g/mol. The van der Waals surface area contributed by atoms with Crippen molar-refractivity contribution >= 4 is 29.1 Å². The Bertz CT molecular complexity index is 1120. The van der Waals surface area contributed by atoms with Crippen LogP contribution in [0.4, 0.5) is 15.0 Å². The molecule has 0 bridgehead atoms. The van der Waals surface area contributed by atoms with Crippen molar-refractivity contribution < 1.29 is 14.3 Å². The molecule has 8 nitrogen and oxygen atoms in total. The van der Waals surface area contributed by atoms with Crippen LogP contribution in [0, 0.1) is 5.82 Å². The van der Waals surface area contributed by atoms with E-state index in [0.717, 1.165) is 24.9 Å². The fourth-order valence-electron chi connectivity index (χ4n) is 4.49. The largest absolute Gasteiger partial charge is 0.389 e. The lowest BCUT2D eigenvalue weighted by Gasteiger charge is -2.43. The minimum Gasteiger partial charge on any atom is -0.389 e. The number of benzene rings is 1. The average molecular weight is 431 g/mol. The highest BCUT2D eigenvalue weighted by molar-refractivity contribution is 6.30. The van der Waals surface area contributed by atoms with Gasteiger partial charge in [0.25, 0.3) is 0 Å². The maximum Gasteiger partial charge on any atom is 0.315 e. The quantitative estimate of drug-likeness (QED) is 0.665. The van der Waals surface area contributed by atoms with Crippen molar-refractivity contribution in [3.05, 3.63) is 58.6 Å². The van der Waals surface area contributed by atoms with Gasteiger partial charge in [-0.15, -0.1) is 0 Å². The smallest absolute Gasteiger partial charge is 0.315 e. The average Bonchev–Trinajstić information content (AvgIpc) is 3.32. The Morgan fingerprint density at radius 2 is 2.17 bits per heavy atom. The third-order valence-corrected chi connectivity index (χ3v) is 6.10. The molecule has 2 amide bonds. The van der Waals surface area contributed by atoms with Crippen molar-refractivity contribution in [1.82, 2.24) is 19.5 Å². The number of aliphatic hydroxyl groups is 1. The minimum absolute atomic E-state index is 0.0454. The van der Waals surface area contributed by atoms with Crippen molar-refractivity contribution in [3.63, 3.8) is 0 Å². The van der Waals surface area contributed by atoms with E-state index in [9.17, 15) is 14.3 Å². The molecule has 0 aliphatic carbocycles. The molecule has 2 saturated heterocycles. The zero-order valence-electron chi connectivity index (χ0n) is 15.9. The molecule has 3 atom stereocenters. The number of primary amides is 1. The van der Waals surface area contributed by atoms with E-state index < -0.39 is 18.2 Å². The van der Waals surface area contributed by atoms with Gasteiger partial charge in [0.15, 0.2) is 5.65 Å². The molecule has 0 saturated carbocycles. The summed E-state index contributed by atoms with van der Waals surface area (Å²) in [7, 11) is 0. The zero-order chi connectivity index (χ0) is 21.0. The number of β-amino-alcohol motifs (C(OH)–C–C–N with tert-alkyl or cyclic N) is 1. The minimum atomic E-state index is -0.718. The molecule has 2 unspecified atom stereocenters. The first-order valence-corrected chi connectivity index (χ1v) is 10.1. The number of likely N-dealkylation sites (tertiary alicyclic amines) is 1. The highest BCUT2D eigenvalue weighted by Crippen LogP contribution is 2.38. The Kier molecular flexibility index (Phi) is 4.52. The van der Waals surface area contributed by atoms with Crippen molar-refractivity contribution in [2.75, 3.05) is 18.0 Å². The van der Waals surface area contributed by atoms with Crippen LogP contribution in [0.3, 0.4) is 0 Å². The summed E-state index contributed by atoms with van der Waals surface area (Å²) in [5.74, 6) is 0.350. The predicted octanol–water partition coefficient (Wildman–Crippen LogP) is 2.66. The monoisotopic (exact) mass is 430 g/mol. The molecular formula is C20H20ClFN6O2. The molecule has 2 aliphatic heterocycles. The molecule has 3 aromatic rings. The topological polar surface area (TPSA) is 100.0 Å². The Morgan fingerprint density at radius 3 is 2.90 bits per heavy atom. The maximum atomic E-state index is 13.9. The summed E-state index contributed by atoms with van der Waals surface area (Å²) < 4.78 is 15.5. The van der Waals surface area contributed by atoms with Crippen LogP contribution < -0.4 is 10.6 Å². The third kappa shape index (κ3) is 3.05. The van der Waals surface area contributed by atoms with E-state index in [4.69, 9.17) is 22.3 Å². The first kappa shape index (κ1) is 19.1. The molecule has 3 N–H and O–H groups in total. The van der Waals surface area contributed by atoms with Gasteiger partial charge in [-0.05, 0) is 42.7 Å². The van der Waals surface area contributed by atoms with Gasteiger partial charge in [0.1, 0.15) is 11.6 Å². The van der Waals surface area contributed by atoms with E-state index in [-0.39, 0.29) is 18.4 Å². The molecule has 2 aromatic heterocycles. The van der Waals surface area contributed by atoms with Gasteiger partial charge < -0.3 is 20.6 Å². The molecule has 10 heteroatoms. The van der Waals surface area contributed by atoms with Gasteiger partial charge in [-0.25, -0.2) is 18.7 Å². The Labute approximate surface area is 176 Å². The molecule has 1 aromatic carbocycles. The van der Waals surface area contributed by atoms with E-state index in [2.05, 4.69) is 10.00 Å². The fraction of sp³-hybridized carbons (Fsp3) is 0.350. The maximum absolute atomic E-state index is 13.9. The number of fused-ring (bicyclic) bond motifs is 1. The molecule has 4 heterocycles. The number of nitrogens with two attached hydrogens (primary N) is 1. The standard InChI is InChI=1S/C20H20ClFN6O2/c21-12-6-11(7-13(22)8-12)15-2-1-4-26(15)17-3-5-28-19(25-17)14(9-24-28)18-16(29)10-27(18)20(23)30/h3,5-9,15-16,18,29H,1-2,4,10H2,(H2,23,30)/t15?,16?,18-/m1/s1. The second-order valence-electron chi connectivity index (χ2n) is 7.71. The van der Waals surface area contributed by atoms with E-state index in [0.29, 0.717) is 22.1 Å². The molecule has 5 rings (SSSR count). The van der Waals surface area contributed by atoms with Crippen LogP contribution in [0.25, 0.3) is 5.65 Å². The lowest BCUT2D eigenvalue weighted by Crippen LogP contribution is -2.57. The first-order chi connectivity index (χ1) is 14.4. The predicted molar refractivity (Wildman–Crippen MR) is 109 cm³/mol. The van der Waals surface area contributed by atoms with Crippen molar-refractivity contribution in [1.29, 1.82) is 0 Å². The van der Waals surface area contributed by atoms with Crippen LogP contribution in [-0.4, -0.2) is 49.8 Å². The number of rotatable bonds is 3. The normalized spacial score (nSPS) is 23.8. The summed E-state index contributed by atoms with van der Waals surface area (Å²) >= 11 is 6.06. The second kappa shape index (κ2) is 7.10. The number of carbonyl (C=O) groups is 1. The summed E-state index contributed by atoms with van der Waals surface area (Å²) in [6.07, 6.45) is 4.46. The lowest BCUT2D eigenvalue weighted by atomic mass is 9.94. The number of carbonyl (C=O) groups excluding carboxylic acids is 1. The number of amides is 2. The Balaban J connectivity index is 1.52. The highest BCUT2D eigenvalue weighted by atomic mass is 35.5. The highest BCUT2D eigenvalue weighted by Gasteiger charge is 2.43. The number of nitrogens with zero attached hydrogens (tertiary/aromatic N) is 5. The summed E-state index contributed by atoms with van der Waals surface area (Å²) in [4.78, 5) is 19.9. The third-order valence-electron chi connectivity index (χ3n) is 5.88. The fourth-order valence-corrected chi connectivity index (χ4v) is 4.72. The number of aromatic nitrogens is 3. The number of hydrogen-bond donors (Lipinski definition) is 2. The van der Waals surface area contributed by atoms with Gasteiger partial charge in [-0.2, -0.15) is 5.10 Å². The molecule has 2 fully saturated rings. The van der Waals surface area contributed by atoms with Gasteiger partial charge in [0.05, 0.1) is 30.9 Å². The van der Waals surface area contributed by atoms with Crippen LogP contribution in [0.15, 0.2) is 36.7 Å². The van der Waals surface area contributed by atoms with Crippen molar-refractivity contribution in [2.24, 2.45) is 5.73 Å². The van der Waals surface area contributed by atoms with E-state index in [1.165, 1.54) is 17.0 Å². The summed E-state index contributed by atoms with van der Waals surface area (Å²) in [6.45, 7) is 0.955. The second-order valence-corrected chi connectivity index (χ2v) is 8.15. The van der Waals surface area contributed by atoms with Crippen molar-refractivity contribution in [3.8, 4) is 0 Å². The number of aliphatic hydroxyl groups excluding tert-OH is 1.